The van der Waals surface area contributed by atoms with Crippen LogP contribution in [0, 0.1) is 0 Å². The Morgan fingerprint density at radius 2 is 1.45 bits per heavy atom. The van der Waals surface area contributed by atoms with Crippen LogP contribution in [0.4, 0.5) is 0 Å². The largest absolute Gasteiger partial charge is 0.492 e. The number of rotatable bonds is 5. The summed E-state index contributed by atoms with van der Waals surface area (Å²) in [7, 11) is 6.12. The lowest BCUT2D eigenvalue weighted by Gasteiger charge is -2.09. The fourth-order valence-electron chi connectivity index (χ4n) is 0.643. The van der Waals surface area contributed by atoms with Crippen LogP contribution in [0.2, 0.25) is 0 Å². The van der Waals surface area contributed by atoms with Gasteiger partial charge in [-0.25, -0.2) is 0 Å². The van der Waals surface area contributed by atoms with Crippen LogP contribution in [0.3, 0.4) is 0 Å². The van der Waals surface area contributed by atoms with Crippen LogP contribution in [0.1, 0.15) is 0 Å². The van der Waals surface area contributed by atoms with Crippen LogP contribution in [0.5, 0.6) is 0 Å². The molecule has 0 spiro atoms. The molecule has 0 saturated heterocycles. The Kier molecular flexibility index (Phi) is 5.37. The Balaban J connectivity index is 4.21. The van der Waals surface area contributed by atoms with Crippen LogP contribution < -0.4 is 0 Å². The fraction of sp³-hybridized carbons (Fsp3) is 0.714. The number of ether oxygens (including phenoxy) is 4. The van der Waals surface area contributed by atoms with Gasteiger partial charge < -0.3 is 18.9 Å². The zero-order valence-electron chi connectivity index (χ0n) is 7.34. The topological polar surface area (TPSA) is 36.9 Å². The van der Waals surface area contributed by atoms with Gasteiger partial charge in [-0.05, 0) is 0 Å². The van der Waals surface area contributed by atoms with Crippen molar-refractivity contribution in [2.45, 2.75) is 0 Å². The first-order valence-electron chi connectivity index (χ1n) is 3.14. The van der Waals surface area contributed by atoms with Crippen molar-refractivity contribution in [3.8, 4) is 0 Å². The van der Waals surface area contributed by atoms with Gasteiger partial charge in [-0.1, -0.05) is 0 Å². The molecule has 0 bridgehead atoms. The van der Waals surface area contributed by atoms with Crippen molar-refractivity contribution >= 4 is 0 Å². The highest BCUT2D eigenvalue weighted by atomic mass is 16.7. The van der Waals surface area contributed by atoms with E-state index in [2.05, 4.69) is 0 Å². The molecular weight excluding hydrogens is 148 g/mol. The lowest BCUT2D eigenvalue weighted by Crippen LogP contribution is -2.04. The first-order chi connectivity index (χ1) is 5.29. The van der Waals surface area contributed by atoms with Crippen LogP contribution >= 0.6 is 0 Å². The summed E-state index contributed by atoms with van der Waals surface area (Å²) in [5, 5.41) is 0. The van der Waals surface area contributed by atoms with Gasteiger partial charge in [-0.3, -0.25) is 0 Å². The van der Waals surface area contributed by atoms with Crippen LogP contribution in [-0.2, 0) is 18.9 Å². The Morgan fingerprint density at radius 3 is 1.73 bits per heavy atom. The highest BCUT2D eigenvalue weighted by Crippen LogP contribution is 2.06. The molecule has 0 aromatic carbocycles. The molecule has 0 atom stereocenters. The van der Waals surface area contributed by atoms with Gasteiger partial charge >= 0.3 is 5.95 Å². The van der Waals surface area contributed by atoms with Crippen LogP contribution in [0.15, 0.2) is 11.7 Å². The monoisotopic (exact) mass is 162 g/mol. The highest BCUT2D eigenvalue weighted by molar-refractivity contribution is 4.94. The van der Waals surface area contributed by atoms with E-state index in [0.717, 1.165) is 0 Å². The van der Waals surface area contributed by atoms with E-state index in [1.165, 1.54) is 21.3 Å². The Labute approximate surface area is 66.7 Å². The molecule has 0 N–H and O–H groups in total. The van der Waals surface area contributed by atoms with E-state index in [1.807, 2.05) is 0 Å². The Bertz CT molecular complexity index is 124. The number of hydrogen-bond donors (Lipinski definition) is 0. The van der Waals surface area contributed by atoms with Crippen molar-refractivity contribution in [3.05, 3.63) is 11.7 Å². The van der Waals surface area contributed by atoms with Gasteiger partial charge in [0.2, 0.25) is 5.76 Å². The minimum absolute atomic E-state index is 0.341. The summed E-state index contributed by atoms with van der Waals surface area (Å²) >= 11 is 0. The highest BCUT2D eigenvalue weighted by Gasteiger charge is 2.06. The van der Waals surface area contributed by atoms with E-state index in [1.54, 1.807) is 7.11 Å². The fourth-order valence-corrected chi connectivity index (χ4v) is 0.643. The second-order valence-electron chi connectivity index (χ2n) is 1.76. The molecule has 0 unspecified atom stereocenters. The molecule has 0 radical (unpaired) electrons. The maximum absolute atomic E-state index is 4.94. The molecule has 0 aliphatic carbocycles. The molecule has 0 aromatic rings. The van der Waals surface area contributed by atoms with Gasteiger partial charge in [0.15, 0.2) is 0 Å². The summed E-state index contributed by atoms with van der Waals surface area (Å²) in [5.41, 5.74) is 0. The third kappa shape index (κ3) is 3.13. The Morgan fingerprint density at radius 1 is 0.909 bits per heavy atom. The van der Waals surface area contributed by atoms with E-state index in [0.29, 0.717) is 18.3 Å². The summed E-state index contributed by atoms with van der Waals surface area (Å²) in [5.74, 6) is 0.881. The number of hydrogen-bond acceptors (Lipinski definition) is 4. The summed E-state index contributed by atoms with van der Waals surface area (Å²) in [4.78, 5) is 0. The van der Waals surface area contributed by atoms with Crippen molar-refractivity contribution in [2.75, 3.05) is 35.0 Å². The molecule has 0 saturated carbocycles. The predicted octanol–water partition coefficient (Wildman–Crippen LogP) is 0.741. The SMILES string of the molecule is COCC(OC)=C(OC)OC. The van der Waals surface area contributed by atoms with Crippen molar-refractivity contribution in [1.82, 2.24) is 0 Å². The van der Waals surface area contributed by atoms with E-state index >= 15 is 0 Å². The zero-order chi connectivity index (χ0) is 8.69. The minimum Gasteiger partial charge on any atom is -0.492 e. The first kappa shape index (κ1) is 10.1. The van der Waals surface area contributed by atoms with E-state index < -0.39 is 0 Å². The van der Waals surface area contributed by atoms with Crippen molar-refractivity contribution in [2.24, 2.45) is 0 Å². The second-order valence-corrected chi connectivity index (χ2v) is 1.76. The van der Waals surface area contributed by atoms with Crippen molar-refractivity contribution in [1.29, 1.82) is 0 Å². The molecule has 11 heavy (non-hydrogen) atoms. The van der Waals surface area contributed by atoms with Gasteiger partial charge in [0.05, 0.1) is 21.3 Å². The summed E-state index contributed by atoms with van der Waals surface area (Å²) in [6.45, 7) is 0.341. The lowest BCUT2D eigenvalue weighted by molar-refractivity contribution is 0.0521. The van der Waals surface area contributed by atoms with Gasteiger partial charge in [-0.15, -0.1) is 0 Å². The molecule has 0 aromatic heterocycles. The summed E-state index contributed by atoms with van der Waals surface area (Å²) in [6.07, 6.45) is 0. The van der Waals surface area contributed by atoms with Gasteiger partial charge in [0.25, 0.3) is 0 Å². The first-order valence-corrected chi connectivity index (χ1v) is 3.14. The molecule has 0 rings (SSSR count). The Hall–Kier alpha value is -0.900. The predicted molar refractivity (Wildman–Crippen MR) is 39.9 cm³/mol. The molecule has 0 aliphatic rings. The second kappa shape index (κ2) is 5.85. The summed E-state index contributed by atoms with van der Waals surface area (Å²) < 4.78 is 19.5. The van der Waals surface area contributed by atoms with Gasteiger partial charge in [0, 0.05) is 7.11 Å². The normalized spacial score (nSPS) is 8.73. The van der Waals surface area contributed by atoms with E-state index in [9.17, 15) is 0 Å². The quantitative estimate of drug-likeness (QED) is 0.559. The molecule has 4 heteroatoms. The standard InChI is InChI=1S/C7H14O4/c1-8-5-6(9-2)7(10-3)11-4/h5H2,1-4H3. The average Bonchev–Trinajstić information content (AvgIpc) is 2.05. The average molecular weight is 162 g/mol. The van der Waals surface area contributed by atoms with Crippen molar-refractivity contribution < 1.29 is 18.9 Å². The third-order valence-corrected chi connectivity index (χ3v) is 1.12. The molecular formula is C7H14O4. The molecule has 0 amide bonds. The molecule has 0 aliphatic heterocycles. The van der Waals surface area contributed by atoms with Crippen LogP contribution in [-0.4, -0.2) is 35.0 Å². The molecule has 0 heterocycles. The molecule has 66 valence electrons. The number of methoxy groups -OCH3 is 4. The lowest BCUT2D eigenvalue weighted by atomic mass is 10.5. The maximum Gasteiger partial charge on any atom is 0.320 e. The molecule has 4 nitrogen and oxygen atoms in total. The van der Waals surface area contributed by atoms with E-state index in [-0.39, 0.29) is 0 Å². The molecule has 0 fully saturated rings. The van der Waals surface area contributed by atoms with Gasteiger partial charge in [-0.2, -0.15) is 0 Å². The maximum atomic E-state index is 4.94. The minimum atomic E-state index is 0.341. The van der Waals surface area contributed by atoms with Crippen LogP contribution in [0.25, 0.3) is 0 Å². The zero-order valence-corrected chi connectivity index (χ0v) is 7.34. The van der Waals surface area contributed by atoms with Gasteiger partial charge in [0.1, 0.15) is 6.61 Å². The van der Waals surface area contributed by atoms with E-state index in [4.69, 9.17) is 18.9 Å². The van der Waals surface area contributed by atoms with Crippen molar-refractivity contribution in [3.63, 3.8) is 0 Å². The summed E-state index contributed by atoms with van der Waals surface area (Å²) in [6, 6.07) is 0. The smallest absolute Gasteiger partial charge is 0.320 e. The third-order valence-electron chi connectivity index (χ3n) is 1.12.